The maximum Gasteiger partial charge on any atom is 0.162 e. The molecule has 90 valence electrons. The fraction of sp³-hybridized carbons (Fsp3) is 0.333. The van der Waals surface area contributed by atoms with Crippen LogP contribution < -0.4 is 10.5 Å². The summed E-state index contributed by atoms with van der Waals surface area (Å²) in [5.74, 6) is 2.30. The number of ether oxygens (including phenoxy) is 1. The number of hydrogen-bond donors (Lipinski definition) is 2. The summed E-state index contributed by atoms with van der Waals surface area (Å²) in [6, 6.07) is 7.32. The maximum absolute atomic E-state index is 5.66. The van der Waals surface area contributed by atoms with Crippen molar-refractivity contribution in [1.82, 2.24) is 15.2 Å². The first-order valence-electron chi connectivity index (χ1n) is 5.66. The number of nitrogens with one attached hydrogen (secondary N) is 1. The van der Waals surface area contributed by atoms with E-state index in [4.69, 9.17) is 10.5 Å². The summed E-state index contributed by atoms with van der Waals surface area (Å²) in [4.78, 5) is 4.31. The van der Waals surface area contributed by atoms with Crippen molar-refractivity contribution in [2.24, 2.45) is 0 Å². The summed E-state index contributed by atoms with van der Waals surface area (Å²) >= 11 is 0. The summed E-state index contributed by atoms with van der Waals surface area (Å²) in [6.07, 6.45) is 1.92. The monoisotopic (exact) mass is 232 g/mol. The smallest absolute Gasteiger partial charge is 0.162 e. The van der Waals surface area contributed by atoms with E-state index in [2.05, 4.69) is 22.1 Å². The van der Waals surface area contributed by atoms with Gasteiger partial charge in [-0.25, -0.2) is 4.98 Å². The number of rotatable bonds is 5. The third-order valence-electron chi connectivity index (χ3n) is 2.29. The van der Waals surface area contributed by atoms with Gasteiger partial charge in [-0.05, 0) is 18.6 Å². The lowest BCUT2D eigenvalue weighted by Gasteiger charge is -2.03. The molecule has 0 aliphatic heterocycles. The van der Waals surface area contributed by atoms with E-state index in [1.165, 1.54) is 0 Å². The third kappa shape index (κ3) is 3.21. The normalized spacial score (nSPS) is 10.4. The van der Waals surface area contributed by atoms with Crippen LogP contribution in [0.25, 0.3) is 0 Å². The molecule has 5 nitrogen and oxygen atoms in total. The lowest BCUT2D eigenvalue weighted by Crippen LogP contribution is -1.98. The minimum atomic E-state index is 0.375. The van der Waals surface area contributed by atoms with Gasteiger partial charge in [0.25, 0.3) is 0 Å². The standard InChI is InChI=1S/C12H16N4O/c1-2-4-11-14-12(16-15-11)8-17-10-6-3-5-9(13)7-10/h3,5-7H,2,4,8,13H2,1H3,(H,14,15,16). The van der Waals surface area contributed by atoms with Crippen molar-refractivity contribution in [3.63, 3.8) is 0 Å². The van der Waals surface area contributed by atoms with Crippen molar-refractivity contribution in [2.45, 2.75) is 26.4 Å². The van der Waals surface area contributed by atoms with Gasteiger partial charge < -0.3 is 10.5 Å². The molecule has 0 unspecified atom stereocenters. The van der Waals surface area contributed by atoms with Crippen LogP contribution in [-0.2, 0) is 13.0 Å². The van der Waals surface area contributed by atoms with Gasteiger partial charge in [0.05, 0.1) is 0 Å². The van der Waals surface area contributed by atoms with Crippen LogP contribution in [-0.4, -0.2) is 15.2 Å². The zero-order valence-corrected chi connectivity index (χ0v) is 9.81. The van der Waals surface area contributed by atoms with Crippen LogP contribution in [0.5, 0.6) is 5.75 Å². The van der Waals surface area contributed by atoms with Crippen molar-refractivity contribution in [2.75, 3.05) is 5.73 Å². The molecule has 2 aromatic rings. The third-order valence-corrected chi connectivity index (χ3v) is 2.29. The first kappa shape index (κ1) is 11.4. The van der Waals surface area contributed by atoms with Crippen LogP contribution in [0.1, 0.15) is 25.0 Å². The first-order chi connectivity index (χ1) is 8.28. The fourth-order valence-corrected chi connectivity index (χ4v) is 1.49. The average Bonchev–Trinajstić information content (AvgIpc) is 2.75. The number of nitrogens with two attached hydrogens (primary N) is 1. The highest BCUT2D eigenvalue weighted by atomic mass is 16.5. The quantitative estimate of drug-likeness (QED) is 0.772. The van der Waals surface area contributed by atoms with Crippen molar-refractivity contribution < 1.29 is 4.74 Å². The molecule has 2 rings (SSSR count). The second-order valence-corrected chi connectivity index (χ2v) is 3.81. The summed E-state index contributed by atoms with van der Waals surface area (Å²) in [6.45, 7) is 2.47. The molecule has 0 spiro atoms. The highest BCUT2D eigenvalue weighted by molar-refractivity contribution is 5.43. The molecule has 1 aromatic carbocycles. The molecule has 17 heavy (non-hydrogen) atoms. The highest BCUT2D eigenvalue weighted by Gasteiger charge is 2.03. The molecule has 1 aromatic heterocycles. The minimum Gasteiger partial charge on any atom is -0.486 e. The number of H-pyrrole nitrogens is 1. The van der Waals surface area contributed by atoms with Gasteiger partial charge in [0, 0.05) is 18.2 Å². The Labute approximate surface area is 100 Å². The van der Waals surface area contributed by atoms with Gasteiger partial charge in [-0.15, -0.1) is 0 Å². The largest absolute Gasteiger partial charge is 0.486 e. The molecule has 0 fully saturated rings. The maximum atomic E-state index is 5.66. The SMILES string of the molecule is CCCc1n[nH]c(COc2cccc(N)c2)n1. The summed E-state index contributed by atoms with van der Waals surface area (Å²) in [5, 5.41) is 6.95. The molecule has 0 saturated heterocycles. The number of aromatic amines is 1. The topological polar surface area (TPSA) is 76.8 Å². The van der Waals surface area contributed by atoms with Gasteiger partial charge >= 0.3 is 0 Å². The van der Waals surface area contributed by atoms with E-state index in [-0.39, 0.29) is 0 Å². The van der Waals surface area contributed by atoms with Crippen LogP contribution in [0.2, 0.25) is 0 Å². The van der Waals surface area contributed by atoms with Gasteiger partial charge in [0.1, 0.15) is 12.4 Å². The van der Waals surface area contributed by atoms with Gasteiger partial charge in [0.2, 0.25) is 0 Å². The van der Waals surface area contributed by atoms with Crippen LogP contribution in [0.4, 0.5) is 5.69 Å². The van der Waals surface area contributed by atoms with Crippen molar-refractivity contribution in [1.29, 1.82) is 0 Å². The number of anilines is 1. The highest BCUT2D eigenvalue weighted by Crippen LogP contribution is 2.15. The molecular weight excluding hydrogens is 216 g/mol. The zero-order chi connectivity index (χ0) is 12.1. The predicted molar refractivity (Wildman–Crippen MR) is 65.6 cm³/mol. The number of hydrogen-bond acceptors (Lipinski definition) is 4. The number of nitrogens with zero attached hydrogens (tertiary/aromatic N) is 2. The Hall–Kier alpha value is -2.04. The lowest BCUT2D eigenvalue weighted by molar-refractivity contribution is 0.296. The van der Waals surface area contributed by atoms with E-state index in [0.29, 0.717) is 12.3 Å². The zero-order valence-electron chi connectivity index (χ0n) is 9.81. The molecule has 0 radical (unpaired) electrons. The molecule has 1 heterocycles. The van der Waals surface area contributed by atoms with E-state index in [9.17, 15) is 0 Å². The van der Waals surface area contributed by atoms with E-state index < -0.39 is 0 Å². The van der Waals surface area contributed by atoms with Gasteiger partial charge in [0.15, 0.2) is 11.6 Å². The molecule has 0 aliphatic carbocycles. The van der Waals surface area contributed by atoms with Crippen molar-refractivity contribution in [3.8, 4) is 5.75 Å². The van der Waals surface area contributed by atoms with Crippen LogP contribution in [0.15, 0.2) is 24.3 Å². The second-order valence-electron chi connectivity index (χ2n) is 3.81. The van der Waals surface area contributed by atoms with Gasteiger partial charge in [-0.2, -0.15) is 5.10 Å². The van der Waals surface area contributed by atoms with E-state index in [0.717, 1.165) is 30.2 Å². The Kier molecular flexibility index (Phi) is 3.59. The lowest BCUT2D eigenvalue weighted by atomic mass is 10.3. The number of nitrogen functional groups attached to an aromatic ring is 1. The first-order valence-corrected chi connectivity index (χ1v) is 5.66. The number of aromatic nitrogens is 3. The second kappa shape index (κ2) is 5.34. The summed E-state index contributed by atoms with van der Waals surface area (Å²) < 4.78 is 5.55. The van der Waals surface area contributed by atoms with Crippen molar-refractivity contribution >= 4 is 5.69 Å². The average molecular weight is 232 g/mol. The molecule has 0 aliphatic rings. The Bertz CT molecular complexity index is 481. The number of benzene rings is 1. The van der Waals surface area contributed by atoms with Crippen molar-refractivity contribution in [3.05, 3.63) is 35.9 Å². The molecule has 3 N–H and O–H groups in total. The molecule has 0 atom stereocenters. The molecule has 0 saturated carbocycles. The predicted octanol–water partition coefficient (Wildman–Crippen LogP) is 1.92. The van der Waals surface area contributed by atoms with Crippen LogP contribution >= 0.6 is 0 Å². The molecular formula is C12H16N4O. The Balaban J connectivity index is 1.93. The van der Waals surface area contributed by atoms with Gasteiger partial charge in [-0.1, -0.05) is 13.0 Å². The van der Waals surface area contributed by atoms with Crippen LogP contribution in [0.3, 0.4) is 0 Å². The number of aryl methyl sites for hydroxylation is 1. The summed E-state index contributed by atoms with van der Waals surface area (Å²) in [7, 11) is 0. The minimum absolute atomic E-state index is 0.375. The molecule has 0 bridgehead atoms. The Morgan fingerprint density at radius 2 is 2.29 bits per heavy atom. The van der Waals surface area contributed by atoms with E-state index in [1.54, 1.807) is 6.07 Å². The Morgan fingerprint density at radius 1 is 1.41 bits per heavy atom. The van der Waals surface area contributed by atoms with E-state index >= 15 is 0 Å². The van der Waals surface area contributed by atoms with Gasteiger partial charge in [-0.3, -0.25) is 5.10 Å². The summed E-state index contributed by atoms with van der Waals surface area (Å²) in [5.41, 5.74) is 6.34. The Morgan fingerprint density at radius 3 is 3.06 bits per heavy atom. The fourth-order valence-electron chi connectivity index (χ4n) is 1.49. The molecule has 0 amide bonds. The molecule has 5 heteroatoms. The van der Waals surface area contributed by atoms with Crippen LogP contribution in [0, 0.1) is 0 Å². The van der Waals surface area contributed by atoms with E-state index in [1.807, 2.05) is 18.2 Å².